The summed E-state index contributed by atoms with van der Waals surface area (Å²) >= 11 is 0. The van der Waals surface area contributed by atoms with Crippen LogP contribution in [0.1, 0.15) is 84.5 Å². The van der Waals surface area contributed by atoms with E-state index in [1.165, 1.54) is 0 Å². The largest absolute Gasteiger partial charge is 0.508 e. The van der Waals surface area contributed by atoms with Gasteiger partial charge in [-0.25, -0.2) is 0 Å². The lowest BCUT2D eigenvalue weighted by Crippen LogP contribution is -2.40. The number of aliphatic hydroxyl groups is 3. The number of aryl methyl sites for hydroxylation is 4. The highest BCUT2D eigenvalue weighted by Crippen LogP contribution is 2.42. The predicted octanol–water partition coefficient (Wildman–Crippen LogP) is 5.95. The minimum Gasteiger partial charge on any atom is -0.508 e. The summed E-state index contributed by atoms with van der Waals surface area (Å²) in [5, 5.41) is 56.8. The second kappa shape index (κ2) is 13.8. The Morgan fingerprint density at radius 3 is 1.53 bits per heavy atom. The van der Waals surface area contributed by atoms with Crippen molar-refractivity contribution in [3.05, 3.63) is 68.8 Å². The molecular weight excluding hydrogens is 600 g/mol. The first-order chi connectivity index (χ1) is 22.0. The van der Waals surface area contributed by atoms with Gasteiger partial charge in [0.15, 0.2) is 0 Å². The molecule has 9 heteroatoms. The van der Waals surface area contributed by atoms with Crippen molar-refractivity contribution in [2.24, 2.45) is 0 Å². The predicted molar refractivity (Wildman–Crippen MR) is 181 cm³/mol. The zero-order valence-corrected chi connectivity index (χ0v) is 29.1. The summed E-state index contributed by atoms with van der Waals surface area (Å²) in [6.45, 7) is 15.3. The number of ether oxygens (including phenoxy) is 3. The number of rotatable bonds is 3. The lowest BCUT2D eigenvalue weighted by molar-refractivity contribution is 0.00724. The van der Waals surface area contributed by atoms with Gasteiger partial charge in [-0.1, -0.05) is 0 Å². The molecule has 0 aliphatic carbocycles. The molecule has 0 spiro atoms. The summed E-state index contributed by atoms with van der Waals surface area (Å²) in [5.41, 5.74) is 6.24. The Morgan fingerprint density at radius 2 is 0.979 bits per heavy atom. The average molecular weight is 653 g/mol. The summed E-state index contributed by atoms with van der Waals surface area (Å²) in [5.74, 6) is 3.41. The van der Waals surface area contributed by atoms with Crippen molar-refractivity contribution in [3.63, 3.8) is 0 Å². The molecule has 6 N–H and O–H groups in total. The van der Waals surface area contributed by atoms with Crippen LogP contribution in [0.25, 0.3) is 0 Å². The molecule has 6 rings (SSSR count). The molecule has 3 aromatic carbocycles. The van der Waals surface area contributed by atoms with Crippen LogP contribution in [-0.2, 0) is 19.3 Å². The minimum absolute atomic E-state index is 0.0196. The molecule has 3 aliphatic heterocycles. The number of phenolic OH excluding ortho intramolecular Hbond substituents is 3. The first kappa shape index (κ1) is 36.2. The third kappa shape index (κ3) is 7.74. The summed E-state index contributed by atoms with van der Waals surface area (Å²) in [6, 6.07) is 6.91. The molecule has 3 heterocycles. The van der Waals surface area contributed by atoms with E-state index in [4.69, 9.17) is 14.2 Å². The van der Waals surface area contributed by atoms with E-state index in [-0.39, 0.29) is 25.6 Å². The van der Waals surface area contributed by atoms with Crippen LogP contribution in [0, 0.1) is 34.6 Å². The zero-order chi connectivity index (χ0) is 34.9. The van der Waals surface area contributed by atoms with Gasteiger partial charge in [-0.15, -0.1) is 0 Å². The van der Waals surface area contributed by atoms with Gasteiger partial charge >= 0.3 is 0 Å². The number of aromatic hydroxyl groups is 3. The van der Waals surface area contributed by atoms with Crippen molar-refractivity contribution in [1.82, 2.24) is 0 Å². The number of fused-ring (bicyclic) bond motifs is 3. The fourth-order valence-corrected chi connectivity index (χ4v) is 6.23. The standard InChI is InChI=1S/2C13H18O3.C12H16O3/c1-8-9(2)12-10(6-11(8)15)4-5-13(3,7-14)16-12;1-8-6-11(15)9(2)10-4-5-13(3,7-14)16-12(8)10;1-8-5-10(14)6-9-3-4-12(2,7-13)15-11(8)9/h2*6,14-15H,4-5,7H2,1-3H3;5-6,13-14H,3-4,7H2,1-2H3/t2*13-;12-/m000/s1. The van der Waals surface area contributed by atoms with Gasteiger partial charge in [-0.2, -0.15) is 0 Å². The molecular formula is C38H52O9. The molecule has 0 unspecified atom stereocenters. The van der Waals surface area contributed by atoms with Gasteiger partial charge in [-0.3, -0.25) is 0 Å². The van der Waals surface area contributed by atoms with E-state index in [0.717, 1.165) is 100 Å². The highest BCUT2D eigenvalue weighted by atomic mass is 16.5. The van der Waals surface area contributed by atoms with Gasteiger partial charge < -0.3 is 44.8 Å². The lowest BCUT2D eigenvalue weighted by atomic mass is 9.89. The van der Waals surface area contributed by atoms with Crippen molar-refractivity contribution in [2.45, 2.75) is 111 Å². The maximum Gasteiger partial charge on any atom is 0.129 e. The van der Waals surface area contributed by atoms with Gasteiger partial charge in [0.1, 0.15) is 51.3 Å². The molecule has 258 valence electrons. The quantitative estimate of drug-likeness (QED) is 0.202. The molecule has 47 heavy (non-hydrogen) atoms. The molecule has 0 saturated heterocycles. The number of phenols is 3. The van der Waals surface area contributed by atoms with Crippen LogP contribution in [0.3, 0.4) is 0 Å². The van der Waals surface area contributed by atoms with Crippen LogP contribution < -0.4 is 14.2 Å². The highest BCUT2D eigenvalue weighted by Gasteiger charge is 2.34. The van der Waals surface area contributed by atoms with Gasteiger partial charge in [-0.05, 0) is 157 Å². The topological polar surface area (TPSA) is 149 Å². The van der Waals surface area contributed by atoms with Crippen molar-refractivity contribution in [2.75, 3.05) is 19.8 Å². The van der Waals surface area contributed by atoms with Crippen LogP contribution >= 0.6 is 0 Å². The fraction of sp³-hybridized carbons (Fsp3) is 0.526. The minimum atomic E-state index is -0.485. The molecule has 0 aromatic heterocycles. The summed E-state index contributed by atoms with van der Waals surface area (Å²) in [4.78, 5) is 0. The monoisotopic (exact) mass is 652 g/mol. The van der Waals surface area contributed by atoms with E-state index in [1.807, 2.05) is 55.4 Å². The maximum absolute atomic E-state index is 9.74. The highest BCUT2D eigenvalue weighted by molar-refractivity contribution is 5.54. The summed E-state index contributed by atoms with van der Waals surface area (Å²) < 4.78 is 17.5. The number of hydrogen-bond donors (Lipinski definition) is 6. The van der Waals surface area contributed by atoms with Gasteiger partial charge in [0.05, 0.1) is 19.8 Å². The van der Waals surface area contributed by atoms with E-state index >= 15 is 0 Å². The third-order valence-electron chi connectivity index (χ3n) is 9.85. The van der Waals surface area contributed by atoms with Gasteiger partial charge in [0, 0.05) is 5.56 Å². The Bertz CT molecular complexity index is 1610. The smallest absolute Gasteiger partial charge is 0.129 e. The Labute approximate surface area is 278 Å². The average Bonchev–Trinajstić information content (AvgIpc) is 3.04. The van der Waals surface area contributed by atoms with Crippen LogP contribution in [0.4, 0.5) is 0 Å². The SMILES string of the molecule is Cc1c(O)cc2c(c1C)O[C@](C)(CO)CC2.Cc1cc(O)c(C)c2c1O[C@](C)(CO)CC2.Cc1cc(O)cc2c1O[C@](C)(CO)CC2. The fourth-order valence-electron chi connectivity index (χ4n) is 6.23. The molecule has 0 fully saturated rings. The Balaban J connectivity index is 0.000000160. The molecule has 3 aromatic rings. The molecule has 0 amide bonds. The second-order valence-corrected chi connectivity index (χ2v) is 14.2. The van der Waals surface area contributed by atoms with E-state index in [2.05, 4.69) is 0 Å². The number of hydrogen-bond acceptors (Lipinski definition) is 9. The third-order valence-corrected chi connectivity index (χ3v) is 9.85. The van der Waals surface area contributed by atoms with E-state index in [9.17, 15) is 30.6 Å². The second-order valence-electron chi connectivity index (χ2n) is 14.2. The molecule has 0 saturated carbocycles. The molecule has 0 bridgehead atoms. The van der Waals surface area contributed by atoms with Crippen molar-refractivity contribution in [3.8, 4) is 34.5 Å². The summed E-state index contributed by atoms with van der Waals surface area (Å²) in [6.07, 6.45) is 4.84. The Hall–Kier alpha value is -3.66. The summed E-state index contributed by atoms with van der Waals surface area (Å²) in [7, 11) is 0. The van der Waals surface area contributed by atoms with Crippen LogP contribution in [0.2, 0.25) is 0 Å². The van der Waals surface area contributed by atoms with Gasteiger partial charge in [0.2, 0.25) is 0 Å². The zero-order valence-electron chi connectivity index (χ0n) is 29.1. The maximum atomic E-state index is 9.74. The molecule has 9 nitrogen and oxygen atoms in total. The Kier molecular flexibility index (Phi) is 10.6. The van der Waals surface area contributed by atoms with Gasteiger partial charge in [0.25, 0.3) is 0 Å². The van der Waals surface area contributed by atoms with E-state index in [1.54, 1.807) is 24.3 Å². The van der Waals surface area contributed by atoms with Crippen LogP contribution in [0.5, 0.6) is 34.5 Å². The first-order valence-electron chi connectivity index (χ1n) is 16.3. The number of aliphatic hydroxyl groups excluding tert-OH is 3. The number of benzene rings is 3. The van der Waals surface area contributed by atoms with E-state index < -0.39 is 16.8 Å². The van der Waals surface area contributed by atoms with E-state index in [0.29, 0.717) is 11.5 Å². The lowest BCUT2D eigenvalue weighted by Gasteiger charge is -2.36. The normalized spacial score (nSPS) is 24.0. The van der Waals surface area contributed by atoms with Crippen molar-refractivity contribution >= 4 is 0 Å². The molecule has 3 aliphatic rings. The molecule has 0 radical (unpaired) electrons. The first-order valence-corrected chi connectivity index (χ1v) is 16.3. The van der Waals surface area contributed by atoms with Crippen molar-refractivity contribution < 1.29 is 44.8 Å². The van der Waals surface area contributed by atoms with Crippen LogP contribution in [0.15, 0.2) is 24.3 Å². The van der Waals surface area contributed by atoms with Crippen LogP contribution in [-0.4, -0.2) is 67.3 Å². The Morgan fingerprint density at radius 1 is 0.532 bits per heavy atom. The molecule has 3 atom stereocenters. The van der Waals surface area contributed by atoms with Crippen molar-refractivity contribution in [1.29, 1.82) is 0 Å².